The highest BCUT2D eigenvalue weighted by molar-refractivity contribution is 7.03. The van der Waals surface area contributed by atoms with Gasteiger partial charge in [0.15, 0.2) is 0 Å². The fourth-order valence-corrected chi connectivity index (χ4v) is 2.09. The molecule has 2 heterocycles. The summed E-state index contributed by atoms with van der Waals surface area (Å²) >= 11 is 1.28. The van der Waals surface area contributed by atoms with Crippen LogP contribution in [0.3, 0.4) is 0 Å². The van der Waals surface area contributed by atoms with Crippen LogP contribution in [0.25, 0.3) is 0 Å². The molecule has 1 aromatic heterocycles. The van der Waals surface area contributed by atoms with Crippen LogP contribution in [0.4, 0.5) is 0 Å². The van der Waals surface area contributed by atoms with Crippen molar-refractivity contribution in [2.75, 3.05) is 6.54 Å². The van der Waals surface area contributed by atoms with Crippen LogP contribution in [0.15, 0.2) is 11.4 Å². The lowest BCUT2D eigenvalue weighted by atomic mass is 10.1. The number of rotatable bonds is 3. The second-order valence-corrected chi connectivity index (χ2v) is 3.97. The Hall–Kier alpha value is -0.780. The van der Waals surface area contributed by atoms with Crippen LogP contribution in [0, 0.1) is 0 Å². The topological polar surface area (TPSA) is 65.2 Å². The molecule has 0 spiro atoms. The summed E-state index contributed by atoms with van der Waals surface area (Å²) in [4.78, 5) is 11.7. The quantitative estimate of drug-likeness (QED) is 0.754. The normalized spacial score (nSPS) is 26.6. The molecule has 0 saturated carbocycles. The minimum Gasteiger partial charge on any atom is -0.365 e. The SMILES string of the molecule is NCC1CCC(C(=O)c2ccsn2)O1. The molecular formula is C9H12N2O2S. The van der Waals surface area contributed by atoms with Gasteiger partial charge in [0.1, 0.15) is 11.8 Å². The van der Waals surface area contributed by atoms with Gasteiger partial charge in [-0.1, -0.05) is 0 Å². The lowest BCUT2D eigenvalue weighted by Crippen LogP contribution is -2.25. The fraction of sp³-hybridized carbons (Fsp3) is 0.556. The van der Waals surface area contributed by atoms with E-state index in [0.717, 1.165) is 12.8 Å². The number of carbonyl (C=O) groups is 1. The predicted molar refractivity (Wildman–Crippen MR) is 53.4 cm³/mol. The van der Waals surface area contributed by atoms with E-state index in [1.54, 1.807) is 11.4 Å². The number of aromatic nitrogens is 1. The van der Waals surface area contributed by atoms with Gasteiger partial charge < -0.3 is 10.5 Å². The molecule has 2 rings (SSSR count). The molecule has 76 valence electrons. The zero-order valence-corrected chi connectivity index (χ0v) is 8.50. The van der Waals surface area contributed by atoms with Gasteiger partial charge in [-0.2, -0.15) is 4.37 Å². The second kappa shape index (κ2) is 4.16. The molecule has 0 aromatic carbocycles. The van der Waals surface area contributed by atoms with Crippen molar-refractivity contribution >= 4 is 17.3 Å². The Labute approximate surface area is 86.2 Å². The molecule has 14 heavy (non-hydrogen) atoms. The van der Waals surface area contributed by atoms with Crippen LogP contribution < -0.4 is 5.73 Å². The third-order valence-corrected chi connectivity index (χ3v) is 2.91. The average molecular weight is 212 g/mol. The number of ether oxygens (including phenoxy) is 1. The van der Waals surface area contributed by atoms with Crippen molar-refractivity contribution in [3.63, 3.8) is 0 Å². The van der Waals surface area contributed by atoms with Gasteiger partial charge in [-0.3, -0.25) is 4.79 Å². The zero-order chi connectivity index (χ0) is 9.97. The molecule has 0 bridgehead atoms. The Bertz CT molecular complexity index is 313. The Morgan fingerprint density at radius 2 is 2.57 bits per heavy atom. The van der Waals surface area contributed by atoms with Crippen molar-refractivity contribution in [3.8, 4) is 0 Å². The van der Waals surface area contributed by atoms with Gasteiger partial charge in [-0.05, 0) is 30.4 Å². The van der Waals surface area contributed by atoms with E-state index in [-0.39, 0.29) is 18.0 Å². The van der Waals surface area contributed by atoms with Gasteiger partial charge in [-0.25, -0.2) is 0 Å². The van der Waals surface area contributed by atoms with Crippen molar-refractivity contribution in [3.05, 3.63) is 17.1 Å². The highest BCUT2D eigenvalue weighted by Gasteiger charge is 2.31. The number of hydrogen-bond donors (Lipinski definition) is 1. The summed E-state index contributed by atoms with van der Waals surface area (Å²) in [6, 6.07) is 1.73. The maximum Gasteiger partial charge on any atom is 0.210 e. The van der Waals surface area contributed by atoms with E-state index in [1.807, 2.05) is 0 Å². The summed E-state index contributed by atoms with van der Waals surface area (Å²) in [5, 5.41) is 1.79. The van der Waals surface area contributed by atoms with E-state index >= 15 is 0 Å². The molecule has 0 aliphatic carbocycles. The van der Waals surface area contributed by atoms with Crippen LogP contribution in [0.5, 0.6) is 0 Å². The molecule has 1 aromatic rings. The van der Waals surface area contributed by atoms with Crippen molar-refractivity contribution in [2.45, 2.75) is 25.0 Å². The van der Waals surface area contributed by atoms with Crippen LogP contribution in [0.2, 0.25) is 0 Å². The Balaban J connectivity index is 2.00. The monoisotopic (exact) mass is 212 g/mol. The minimum atomic E-state index is -0.328. The van der Waals surface area contributed by atoms with E-state index in [1.165, 1.54) is 11.5 Å². The van der Waals surface area contributed by atoms with Gasteiger partial charge in [0, 0.05) is 11.9 Å². The number of nitrogens with zero attached hydrogens (tertiary/aromatic N) is 1. The highest BCUT2D eigenvalue weighted by Crippen LogP contribution is 2.22. The first kappa shape index (κ1) is 9.76. The summed E-state index contributed by atoms with van der Waals surface area (Å²) in [6.45, 7) is 0.487. The Morgan fingerprint density at radius 3 is 3.14 bits per heavy atom. The van der Waals surface area contributed by atoms with E-state index < -0.39 is 0 Å². The molecule has 2 atom stereocenters. The van der Waals surface area contributed by atoms with Gasteiger partial charge in [0.2, 0.25) is 5.78 Å². The van der Waals surface area contributed by atoms with E-state index in [9.17, 15) is 4.79 Å². The molecule has 4 nitrogen and oxygen atoms in total. The van der Waals surface area contributed by atoms with Crippen LogP contribution in [-0.2, 0) is 4.74 Å². The molecular weight excluding hydrogens is 200 g/mol. The Morgan fingerprint density at radius 1 is 1.71 bits per heavy atom. The second-order valence-electron chi connectivity index (χ2n) is 3.31. The van der Waals surface area contributed by atoms with E-state index in [4.69, 9.17) is 10.5 Å². The molecule has 0 radical (unpaired) electrons. The summed E-state index contributed by atoms with van der Waals surface area (Å²) in [5.74, 6) is -0.0119. The maximum absolute atomic E-state index is 11.7. The van der Waals surface area contributed by atoms with Gasteiger partial charge in [0.25, 0.3) is 0 Å². The smallest absolute Gasteiger partial charge is 0.210 e. The standard InChI is InChI=1S/C9H12N2O2S/c10-5-6-1-2-8(13-6)9(12)7-3-4-14-11-7/h3-4,6,8H,1-2,5,10H2. The molecule has 5 heteroatoms. The Kier molecular flexibility index (Phi) is 2.90. The first-order valence-corrected chi connectivity index (χ1v) is 5.45. The fourth-order valence-electron chi connectivity index (χ4n) is 1.58. The highest BCUT2D eigenvalue weighted by atomic mass is 32.1. The third-order valence-electron chi connectivity index (χ3n) is 2.35. The summed E-state index contributed by atoms with van der Waals surface area (Å²) in [7, 11) is 0. The molecule has 1 saturated heterocycles. The number of Topliss-reactive ketones (excluding diaryl/α,β-unsaturated/α-hetero) is 1. The van der Waals surface area contributed by atoms with Crippen LogP contribution in [-0.4, -0.2) is 28.9 Å². The number of ketones is 1. The summed E-state index contributed by atoms with van der Waals surface area (Å²) < 4.78 is 9.48. The van der Waals surface area contributed by atoms with Crippen molar-refractivity contribution in [2.24, 2.45) is 5.73 Å². The molecule has 1 aliphatic heterocycles. The van der Waals surface area contributed by atoms with Crippen LogP contribution >= 0.6 is 11.5 Å². The lowest BCUT2D eigenvalue weighted by molar-refractivity contribution is 0.0401. The van der Waals surface area contributed by atoms with Crippen LogP contribution in [0.1, 0.15) is 23.3 Å². The number of carbonyl (C=O) groups excluding carboxylic acids is 1. The first-order valence-electron chi connectivity index (χ1n) is 4.61. The predicted octanol–water partition coefficient (Wildman–Crippen LogP) is 0.832. The molecule has 1 aliphatic rings. The maximum atomic E-state index is 11.7. The molecule has 2 N–H and O–H groups in total. The van der Waals surface area contributed by atoms with Crippen molar-refractivity contribution in [1.82, 2.24) is 4.37 Å². The molecule has 1 fully saturated rings. The van der Waals surface area contributed by atoms with Gasteiger partial charge >= 0.3 is 0 Å². The van der Waals surface area contributed by atoms with E-state index in [0.29, 0.717) is 12.2 Å². The van der Waals surface area contributed by atoms with Crippen molar-refractivity contribution in [1.29, 1.82) is 0 Å². The average Bonchev–Trinajstić information content (AvgIpc) is 2.88. The lowest BCUT2D eigenvalue weighted by Gasteiger charge is -2.09. The van der Waals surface area contributed by atoms with Crippen molar-refractivity contribution < 1.29 is 9.53 Å². The molecule has 2 unspecified atom stereocenters. The summed E-state index contributed by atoms with van der Waals surface area (Å²) in [5.41, 5.74) is 5.98. The summed E-state index contributed by atoms with van der Waals surface area (Å²) in [6.07, 6.45) is 1.35. The molecule has 0 amide bonds. The largest absolute Gasteiger partial charge is 0.365 e. The first-order chi connectivity index (χ1) is 6.81. The van der Waals surface area contributed by atoms with Gasteiger partial charge in [-0.15, -0.1) is 0 Å². The number of hydrogen-bond acceptors (Lipinski definition) is 5. The number of nitrogens with two attached hydrogens (primary N) is 1. The minimum absolute atomic E-state index is 0.0119. The van der Waals surface area contributed by atoms with E-state index in [2.05, 4.69) is 4.37 Å². The van der Waals surface area contributed by atoms with Gasteiger partial charge in [0.05, 0.1) is 6.10 Å². The zero-order valence-electron chi connectivity index (χ0n) is 7.68. The third kappa shape index (κ3) is 1.84.